The number of thiocarbonyl (C=S) groups is 1. The Balaban J connectivity index is 1.34. The number of nitrogens with zero attached hydrogens (tertiary/aromatic N) is 4. The first-order chi connectivity index (χ1) is 17.7. The molecule has 3 aromatic carbocycles. The number of ether oxygens (including phenoxy) is 2. The van der Waals surface area contributed by atoms with Crippen molar-refractivity contribution in [2.75, 3.05) is 12.4 Å². The predicted octanol–water partition coefficient (Wildman–Crippen LogP) is 5.47. The van der Waals surface area contributed by atoms with E-state index in [4.69, 9.17) is 17.0 Å². The summed E-state index contributed by atoms with van der Waals surface area (Å²) in [6.45, 7) is 1.94. The van der Waals surface area contributed by atoms with Crippen LogP contribution in [-0.4, -0.2) is 39.6 Å². The smallest absolute Gasteiger partial charge is 0.497 e. The Morgan fingerprint density at radius 1 is 1.03 bits per heavy atom. The third-order valence-corrected chi connectivity index (χ3v) is 5.25. The SMILES string of the molecule is COc1ccc(NC(=S)NN=Cc2ccc(-c3ncn(-c4ccc(OC(F)(F)F)cc4)n3)cc2)c(C)c1. The summed E-state index contributed by atoms with van der Waals surface area (Å²) in [5.41, 5.74) is 6.72. The lowest BCUT2D eigenvalue weighted by Crippen LogP contribution is -2.24. The predicted molar refractivity (Wildman–Crippen MR) is 138 cm³/mol. The van der Waals surface area contributed by atoms with E-state index in [0.29, 0.717) is 16.6 Å². The van der Waals surface area contributed by atoms with Crippen LogP contribution in [0.4, 0.5) is 18.9 Å². The zero-order valence-electron chi connectivity index (χ0n) is 19.7. The van der Waals surface area contributed by atoms with Gasteiger partial charge in [0.15, 0.2) is 10.9 Å². The number of hydrogen-bond acceptors (Lipinski definition) is 6. The average molecular weight is 527 g/mol. The van der Waals surface area contributed by atoms with Gasteiger partial charge in [-0.15, -0.1) is 18.3 Å². The highest BCUT2D eigenvalue weighted by atomic mass is 32.1. The molecule has 4 rings (SSSR count). The number of rotatable bonds is 7. The molecular weight excluding hydrogens is 505 g/mol. The van der Waals surface area contributed by atoms with Crippen LogP contribution in [0.1, 0.15) is 11.1 Å². The molecule has 37 heavy (non-hydrogen) atoms. The van der Waals surface area contributed by atoms with Crippen LogP contribution in [0.15, 0.2) is 78.2 Å². The van der Waals surface area contributed by atoms with Crippen molar-refractivity contribution < 1.29 is 22.6 Å². The van der Waals surface area contributed by atoms with E-state index >= 15 is 0 Å². The molecular formula is C25H21F3N6O2S. The van der Waals surface area contributed by atoms with Crippen LogP contribution < -0.4 is 20.2 Å². The topological polar surface area (TPSA) is 85.6 Å². The quantitative estimate of drug-likeness (QED) is 0.188. The van der Waals surface area contributed by atoms with E-state index in [1.54, 1.807) is 13.3 Å². The largest absolute Gasteiger partial charge is 0.573 e. The van der Waals surface area contributed by atoms with E-state index in [1.165, 1.54) is 35.3 Å². The first-order valence-electron chi connectivity index (χ1n) is 10.8. The highest BCUT2D eigenvalue weighted by molar-refractivity contribution is 7.80. The summed E-state index contributed by atoms with van der Waals surface area (Å²) in [5.74, 6) is 0.909. The van der Waals surface area contributed by atoms with E-state index in [1.807, 2.05) is 49.4 Å². The fourth-order valence-corrected chi connectivity index (χ4v) is 3.42. The van der Waals surface area contributed by atoms with Gasteiger partial charge >= 0.3 is 6.36 Å². The van der Waals surface area contributed by atoms with Crippen LogP contribution in [0.2, 0.25) is 0 Å². The monoisotopic (exact) mass is 526 g/mol. The molecule has 0 radical (unpaired) electrons. The maximum atomic E-state index is 12.3. The van der Waals surface area contributed by atoms with Crippen molar-refractivity contribution in [1.29, 1.82) is 0 Å². The molecule has 0 bridgehead atoms. The van der Waals surface area contributed by atoms with Crippen LogP contribution in [0.25, 0.3) is 17.1 Å². The molecule has 0 aliphatic heterocycles. The van der Waals surface area contributed by atoms with Gasteiger partial charge in [-0.05, 0) is 72.7 Å². The second kappa shape index (κ2) is 11.1. The number of methoxy groups -OCH3 is 1. The number of halogens is 3. The lowest BCUT2D eigenvalue weighted by molar-refractivity contribution is -0.274. The molecule has 0 aliphatic carbocycles. The number of nitrogens with one attached hydrogen (secondary N) is 2. The van der Waals surface area contributed by atoms with Gasteiger partial charge in [0.2, 0.25) is 0 Å². The van der Waals surface area contributed by atoms with Crippen molar-refractivity contribution in [1.82, 2.24) is 20.2 Å². The molecule has 0 atom stereocenters. The number of anilines is 1. The van der Waals surface area contributed by atoms with Crippen LogP contribution in [0.5, 0.6) is 11.5 Å². The first kappa shape index (κ1) is 25.6. The van der Waals surface area contributed by atoms with Crippen LogP contribution in [-0.2, 0) is 0 Å². The molecule has 1 aromatic heterocycles. The van der Waals surface area contributed by atoms with Gasteiger partial charge in [0, 0.05) is 11.3 Å². The minimum atomic E-state index is -4.74. The van der Waals surface area contributed by atoms with Gasteiger partial charge in [-0.25, -0.2) is 9.67 Å². The third kappa shape index (κ3) is 7.04. The molecule has 12 heteroatoms. The summed E-state index contributed by atoms with van der Waals surface area (Å²) >= 11 is 5.29. The molecule has 0 unspecified atom stereocenters. The van der Waals surface area contributed by atoms with Crippen molar-refractivity contribution in [3.05, 3.63) is 84.2 Å². The zero-order valence-corrected chi connectivity index (χ0v) is 20.5. The van der Waals surface area contributed by atoms with Crippen LogP contribution >= 0.6 is 12.2 Å². The van der Waals surface area contributed by atoms with E-state index in [9.17, 15) is 13.2 Å². The van der Waals surface area contributed by atoms with Crippen molar-refractivity contribution in [3.63, 3.8) is 0 Å². The normalized spacial score (nSPS) is 11.4. The number of benzene rings is 3. The summed E-state index contributed by atoms with van der Waals surface area (Å²) in [4.78, 5) is 4.28. The lowest BCUT2D eigenvalue weighted by Gasteiger charge is -2.11. The second-order valence-corrected chi connectivity index (χ2v) is 8.09. The number of aryl methyl sites for hydroxylation is 1. The third-order valence-electron chi connectivity index (χ3n) is 5.06. The van der Waals surface area contributed by atoms with E-state index in [-0.39, 0.29) is 5.75 Å². The van der Waals surface area contributed by atoms with Gasteiger partial charge in [-0.3, -0.25) is 5.43 Å². The standard InChI is InChI=1S/C25H21F3N6O2S/c1-16-13-21(35-2)11-12-22(16)31-24(37)32-30-14-17-3-5-18(6-4-17)23-29-15-34(33-23)19-7-9-20(10-8-19)36-25(26,27)28/h3-15H,1-2H3,(H2,31,32,37). The Hall–Kier alpha value is -4.45. The Labute approximate surface area is 215 Å². The molecule has 0 saturated heterocycles. The summed E-state index contributed by atoms with van der Waals surface area (Å²) in [6, 6.07) is 18.3. The average Bonchev–Trinajstić information content (AvgIpc) is 3.35. The van der Waals surface area contributed by atoms with Crippen LogP contribution in [0.3, 0.4) is 0 Å². The first-order valence-corrected chi connectivity index (χ1v) is 11.2. The Morgan fingerprint density at radius 3 is 2.38 bits per heavy atom. The number of aromatic nitrogens is 3. The molecule has 1 heterocycles. The molecule has 190 valence electrons. The van der Waals surface area contributed by atoms with Crippen molar-refractivity contribution in [3.8, 4) is 28.6 Å². The Morgan fingerprint density at radius 2 is 1.73 bits per heavy atom. The molecule has 0 saturated carbocycles. The van der Waals surface area contributed by atoms with Gasteiger partial charge in [0.25, 0.3) is 0 Å². The summed E-state index contributed by atoms with van der Waals surface area (Å²) in [5, 5.41) is 12.0. The Bertz CT molecular complexity index is 1400. The van der Waals surface area contributed by atoms with Gasteiger partial charge in [0.1, 0.15) is 17.8 Å². The molecule has 2 N–H and O–H groups in total. The lowest BCUT2D eigenvalue weighted by atomic mass is 10.1. The minimum absolute atomic E-state index is 0.310. The number of alkyl halides is 3. The van der Waals surface area contributed by atoms with Crippen molar-refractivity contribution >= 4 is 29.2 Å². The summed E-state index contributed by atoms with van der Waals surface area (Å²) in [7, 11) is 1.61. The van der Waals surface area contributed by atoms with Crippen molar-refractivity contribution in [2.24, 2.45) is 5.10 Å². The molecule has 8 nitrogen and oxygen atoms in total. The zero-order chi connectivity index (χ0) is 26.4. The molecule has 0 spiro atoms. The second-order valence-electron chi connectivity index (χ2n) is 7.68. The fourth-order valence-electron chi connectivity index (χ4n) is 3.26. The number of hydrogen-bond donors (Lipinski definition) is 2. The Kier molecular flexibility index (Phi) is 7.68. The van der Waals surface area contributed by atoms with Crippen LogP contribution in [0, 0.1) is 6.92 Å². The highest BCUT2D eigenvalue weighted by Gasteiger charge is 2.31. The molecule has 4 aromatic rings. The summed E-state index contributed by atoms with van der Waals surface area (Å²) < 4.78 is 47.5. The van der Waals surface area contributed by atoms with Gasteiger partial charge < -0.3 is 14.8 Å². The molecule has 0 amide bonds. The van der Waals surface area contributed by atoms with E-state index in [2.05, 4.69) is 30.7 Å². The van der Waals surface area contributed by atoms with Gasteiger partial charge in [0.05, 0.1) is 19.0 Å². The maximum Gasteiger partial charge on any atom is 0.573 e. The van der Waals surface area contributed by atoms with E-state index in [0.717, 1.165) is 28.1 Å². The van der Waals surface area contributed by atoms with Gasteiger partial charge in [-0.2, -0.15) is 5.10 Å². The van der Waals surface area contributed by atoms with Gasteiger partial charge in [-0.1, -0.05) is 24.3 Å². The van der Waals surface area contributed by atoms with E-state index < -0.39 is 6.36 Å². The maximum absolute atomic E-state index is 12.3. The molecule has 0 fully saturated rings. The fraction of sp³-hybridized carbons (Fsp3) is 0.120. The number of hydrazone groups is 1. The minimum Gasteiger partial charge on any atom is -0.497 e. The molecule has 0 aliphatic rings. The highest BCUT2D eigenvalue weighted by Crippen LogP contribution is 2.24. The summed E-state index contributed by atoms with van der Waals surface area (Å²) in [6.07, 6.45) is -1.64. The van der Waals surface area contributed by atoms with Crippen molar-refractivity contribution in [2.45, 2.75) is 13.3 Å².